The summed E-state index contributed by atoms with van der Waals surface area (Å²) >= 11 is 5.89. The van der Waals surface area contributed by atoms with E-state index < -0.39 is 17.5 Å². The van der Waals surface area contributed by atoms with Crippen LogP contribution in [-0.4, -0.2) is 36.0 Å². The number of urea groups is 1. The van der Waals surface area contributed by atoms with Crippen LogP contribution < -0.4 is 14.8 Å². The van der Waals surface area contributed by atoms with E-state index in [-0.39, 0.29) is 19.1 Å². The summed E-state index contributed by atoms with van der Waals surface area (Å²) in [6.45, 7) is 1.33. The number of hydrogen-bond donors (Lipinski definition) is 1. The number of ether oxygens (including phenoxy) is 2. The highest BCUT2D eigenvalue weighted by atomic mass is 35.5. The molecule has 0 aliphatic carbocycles. The van der Waals surface area contributed by atoms with E-state index in [1.165, 1.54) is 0 Å². The lowest BCUT2D eigenvalue weighted by Gasteiger charge is -2.22. The molecule has 1 saturated heterocycles. The van der Waals surface area contributed by atoms with Crippen LogP contribution in [0, 0.1) is 0 Å². The first-order valence-electron chi connectivity index (χ1n) is 8.21. The maximum atomic E-state index is 12.9. The molecule has 1 N–H and O–H groups in total. The third kappa shape index (κ3) is 2.90. The highest BCUT2D eigenvalue weighted by Crippen LogP contribution is 2.33. The minimum atomic E-state index is -1.25. The zero-order valence-corrected chi connectivity index (χ0v) is 15.1. The molecule has 4 rings (SSSR count). The van der Waals surface area contributed by atoms with Gasteiger partial charge in [0.1, 0.15) is 5.54 Å². The summed E-state index contributed by atoms with van der Waals surface area (Å²) in [4.78, 5) is 38.8. The normalized spacial score (nSPS) is 20.7. The van der Waals surface area contributed by atoms with Crippen LogP contribution in [0.2, 0.25) is 5.02 Å². The third-order valence-electron chi connectivity index (χ3n) is 4.69. The van der Waals surface area contributed by atoms with Gasteiger partial charge in [-0.15, -0.1) is 0 Å². The van der Waals surface area contributed by atoms with Gasteiger partial charge in [0, 0.05) is 10.6 Å². The number of carbonyl (C=O) groups excluding carboxylic acids is 3. The Labute approximate surface area is 159 Å². The van der Waals surface area contributed by atoms with Crippen molar-refractivity contribution in [2.75, 3.05) is 13.3 Å². The molecule has 8 heteroatoms. The number of ketones is 1. The highest BCUT2D eigenvalue weighted by Gasteiger charge is 2.49. The number of imide groups is 1. The second kappa shape index (κ2) is 6.28. The van der Waals surface area contributed by atoms with E-state index in [9.17, 15) is 14.4 Å². The molecular formula is C19H15ClN2O5. The largest absolute Gasteiger partial charge is 0.454 e. The maximum absolute atomic E-state index is 12.9. The van der Waals surface area contributed by atoms with Gasteiger partial charge in [0.25, 0.3) is 5.91 Å². The summed E-state index contributed by atoms with van der Waals surface area (Å²) in [6.07, 6.45) is 0. The fourth-order valence-electron chi connectivity index (χ4n) is 3.12. The number of halogens is 1. The van der Waals surface area contributed by atoms with Gasteiger partial charge in [-0.2, -0.15) is 0 Å². The van der Waals surface area contributed by atoms with Crippen LogP contribution in [0.1, 0.15) is 22.8 Å². The molecule has 0 aromatic heterocycles. The van der Waals surface area contributed by atoms with Crippen molar-refractivity contribution in [3.8, 4) is 11.5 Å². The third-order valence-corrected chi connectivity index (χ3v) is 4.94. The zero-order valence-electron chi connectivity index (χ0n) is 14.3. The molecule has 2 aliphatic heterocycles. The van der Waals surface area contributed by atoms with Gasteiger partial charge < -0.3 is 14.8 Å². The van der Waals surface area contributed by atoms with Crippen molar-refractivity contribution in [1.82, 2.24) is 10.2 Å². The molecule has 1 atom stereocenters. The number of benzene rings is 2. The van der Waals surface area contributed by atoms with E-state index in [1.54, 1.807) is 49.4 Å². The molecule has 2 aliphatic rings. The molecule has 0 bridgehead atoms. The molecule has 27 heavy (non-hydrogen) atoms. The van der Waals surface area contributed by atoms with Gasteiger partial charge in [-0.25, -0.2) is 4.79 Å². The van der Waals surface area contributed by atoms with Crippen molar-refractivity contribution >= 4 is 29.3 Å². The van der Waals surface area contributed by atoms with Crippen molar-refractivity contribution in [2.45, 2.75) is 12.5 Å². The van der Waals surface area contributed by atoms with Gasteiger partial charge in [-0.1, -0.05) is 23.7 Å². The number of nitrogens with zero attached hydrogens (tertiary/aromatic N) is 1. The Hall–Kier alpha value is -3.06. The monoisotopic (exact) mass is 386 g/mol. The topological polar surface area (TPSA) is 84.9 Å². The number of hydrogen-bond acceptors (Lipinski definition) is 5. The van der Waals surface area contributed by atoms with Crippen molar-refractivity contribution in [2.24, 2.45) is 0 Å². The molecule has 138 valence electrons. The summed E-state index contributed by atoms with van der Waals surface area (Å²) < 4.78 is 10.5. The van der Waals surface area contributed by atoms with Crippen LogP contribution in [0.25, 0.3) is 0 Å². The first kappa shape index (κ1) is 17.4. The molecule has 7 nitrogen and oxygen atoms in total. The Morgan fingerprint density at radius 1 is 1.15 bits per heavy atom. The van der Waals surface area contributed by atoms with Crippen molar-refractivity contribution in [1.29, 1.82) is 0 Å². The van der Waals surface area contributed by atoms with Crippen LogP contribution in [0.4, 0.5) is 4.79 Å². The van der Waals surface area contributed by atoms with E-state index in [1.807, 2.05) is 0 Å². The van der Waals surface area contributed by atoms with E-state index in [0.29, 0.717) is 27.6 Å². The Balaban J connectivity index is 1.55. The van der Waals surface area contributed by atoms with Crippen molar-refractivity contribution in [3.63, 3.8) is 0 Å². The van der Waals surface area contributed by atoms with Gasteiger partial charge in [0.15, 0.2) is 17.3 Å². The summed E-state index contributed by atoms with van der Waals surface area (Å²) in [6, 6.07) is 10.7. The predicted octanol–water partition coefficient (Wildman–Crippen LogP) is 2.72. The smallest absolute Gasteiger partial charge is 0.325 e. The number of Topliss-reactive ketones (excluding diaryl/α,β-unsaturated/α-hetero) is 1. The van der Waals surface area contributed by atoms with Crippen molar-refractivity contribution < 1.29 is 23.9 Å². The summed E-state index contributed by atoms with van der Waals surface area (Å²) in [5.41, 5.74) is -0.333. The molecule has 0 saturated carbocycles. The molecule has 3 amide bonds. The second-order valence-electron chi connectivity index (χ2n) is 6.44. The SMILES string of the molecule is C[C@@]1(c2ccc(Cl)cc2)NC(=O)N(CC(=O)c2ccc3c(c2)OCO3)C1=O. The van der Waals surface area contributed by atoms with Crippen LogP contribution in [0.3, 0.4) is 0 Å². The quantitative estimate of drug-likeness (QED) is 0.645. The zero-order chi connectivity index (χ0) is 19.2. The van der Waals surface area contributed by atoms with Gasteiger partial charge >= 0.3 is 6.03 Å². The summed E-state index contributed by atoms with van der Waals surface area (Å²) in [5, 5.41) is 3.18. The Kier molecular flexibility index (Phi) is 4.04. The standard InChI is InChI=1S/C19H15ClN2O5/c1-19(12-3-5-13(20)6-4-12)17(24)22(18(25)21-19)9-14(23)11-2-7-15-16(8-11)27-10-26-15/h2-8H,9-10H2,1H3,(H,21,25)/t19-/m0/s1. The molecule has 2 aromatic carbocycles. The van der Waals surface area contributed by atoms with Crippen LogP contribution in [0.15, 0.2) is 42.5 Å². The van der Waals surface area contributed by atoms with E-state index in [0.717, 1.165) is 4.90 Å². The molecule has 2 heterocycles. The van der Waals surface area contributed by atoms with Gasteiger partial charge in [-0.05, 0) is 42.8 Å². The van der Waals surface area contributed by atoms with E-state index in [2.05, 4.69) is 5.32 Å². The average molecular weight is 387 g/mol. The minimum Gasteiger partial charge on any atom is -0.454 e. The lowest BCUT2D eigenvalue weighted by molar-refractivity contribution is -0.130. The fraction of sp³-hybridized carbons (Fsp3) is 0.211. The first-order chi connectivity index (χ1) is 12.9. The average Bonchev–Trinajstić information content (AvgIpc) is 3.20. The number of amides is 3. The van der Waals surface area contributed by atoms with Crippen LogP contribution >= 0.6 is 11.6 Å². The Morgan fingerprint density at radius 2 is 1.85 bits per heavy atom. The van der Waals surface area contributed by atoms with Crippen molar-refractivity contribution in [3.05, 3.63) is 58.6 Å². The van der Waals surface area contributed by atoms with Gasteiger partial charge in [0.2, 0.25) is 6.79 Å². The maximum Gasteiger partial charge on any atom is 0.325 e. The second-order valence-corrected chi connectivity index (χ2v) is 6.88. The molecular weight excluding hydrogens is 372 g/mol. The van der Waals surface area contributed by atoms with E-state index in [4.69, 9.17) is 21.1 Å². The fourth-order valence-corrected chi connectivity index (χ4v) is 3.25. The van der Waals surface area contributed by atoms with Crippen LogP contribution in [-0.2, 0) is 10.3 Å². The number of rotatable bonds is 4. The predicted molar refractivity (Wildman–Crippen MR) is 95.9 cm³/mol. The lowest BCUT2D eigenvalue weighted by Crippen LogP contribution is -2.41. The number of nitrogens with one attached hydrogen (secondary N) is 1. The molecule has 0 spiro atoms. The summed E-state index contributed by atoms with van der Waals surface area (Å²) in [5.74, 6) is 0.141. The number of fused-ring (bicyclic) bond motifs is 1. The molecule has 0 unspecified atom stereocenters. The van der Waals surface area contributed by atoms with Gasteiger partial charge in [-0.3, -0.25) is 14.5 Å². The Morgan fingerprint density at radius 3 is 2.59 bits per heavy atom. The molecule has 1 fully saturated rings. The minimum absolute atomic E-state index is 0.0967. The van der Waals surface area contributed by atoms with Gasteiger partial charge in [0.05, 0.1) is 6.54 Å². The highest BCUT2D eigenvalue weighted by molar-refractivity contribution is 6.30. The van der Waals surface area contributed by atoms with E-state index >= 15 is 0 Å². The lowest BCUT2D eigenvalue weighted by atomic mass is 9.92. The summed E-state index contributed by atoms with van der Waals surface area (Å²) in [7, 11) is 0. The number of carbonyl (C=O) groups is 3. The first-order valence-corrected chi connectivity index (χ1v) is 8.59. The Bertz CT molecular complexity index is 959. The van der Waals surface area contributed by atoms with Crippen LogP contribution in [0.5, 0.6) is 11.5 Å². The molecule has 0 radical (unpaired) electrons. The molecule has 2 aromatic rings.